The molecule has 3 radical (unpaired) electrons. The minimum atomic E-state index is -4.09. The first kappa shape index (κ1) is 13.7. The minimum Gasteiger partial charge on any atom is -0.483 e. The molecule has 0 spiro atoms. The molecular weight excluding hydrogens is 232 g/mol. The van der Waals surface area contributed by atoms with Gasteiger partial charge in [0.15, 0.2) is 0 Å². The van der Waals surface area contributed by atoms with Gasteiger partial charge in [0.25, 0.3) is 0 Å². The van der Waals surface area contributed by atoms with Crippen LogP contribution in [0.5, 0.6) is 0 Å². The normalized spacial score (nSPS) is 21.9. The fraction of sp³-hybridized carbons (Fsp3) is 1.00. The molecular formula is C4H12BO5P3-. The molecule has 2 atom stereocenters. The molecule has 0 heterocycles. The first-order chi connectivity index (χ1) is 5.41. The summed E-state index contributed by atoms with van der Waals surface area (Å²) in [4.78, 5) is 9.09. The van der Waals surface area contributed by atoms with Gasteiger partial charge in [-0.05, 0) is 27.2 Å². The van der Waals surface area contributed by atoms with Crippen LogP contribution in [0.2, 0.25) is 0 Å². The van der Waals surface area contributed by atoms with E-state index in [0.29, 0.717) is 0 Å². The Bertz CT molecular complexity index is 286. The highest BCUT2D eigenvalue weighted by atomic mass is 31.3. The molecule has 77 valence electrons. The molecule has 0 bridgehead atoms. The van der Waals surface area contributed by atoms with E-state index in [2.05, 4.69) is 4.31 Å². The zero-order valence-corrected chi connectivity index (χ0v) is 10.4. The Kier molecular flexibility index (Phi) is 4.25. The van der Waals surface area contributed by atoms with E-state index in [0.717, 1.165) is 6.66 Å². The maximum atomic E-state index is 11.2. The van der Waals surface area contributed by atoms with Crippen molar-refractivity contribution in [3.05, 3.63) is 0 Å². The maximum Gasteiger partial charge on any atom is 0.337 e. The van der Waals surface area contributed by atoms with Crippen LogP contribution in [0.15, 0.2) is 0 Å². The number of hydrogen-bond acceptors (Lipinski definition) is 4. The van der Waals surface area contributed by atoms with Crippen LogP contribution in [0.25, 0.3) is 0 Å². The molecule has 2 unspecified atom stereocenters. The van der Waals surface area contributed by atoms with Gasteiger partial charge < -0.3 is 21.6 Å². The fourth-order valence-electron chi connectivity index (χ4n) is 0.710. The van der Waals surface area contributed by atoms with Gasteiger partial charge in [-0.3, -0.25) is 8.88 Å². The van der Waals surface area contributed by atoms with E-state index in [1.807, 2.05) is 0 Å². The van der Waals surface area contributed by atoms with Crippen molar-refractivity contribution in [2.75, 3.05) is 25.9 Å². The van der Waals surface area contributed by atoms with Gasteiger partial charge in [-0.25, -0.2) is 0 Å². The number of rotatable bonds is 4. The standard InChI is InChI=1S/C4H12BO5P3/c1-11(2,6)4-13(8,9)10-12(3,5)7/h4H2,1-3H3,(H,8,9)/q-1. The summed E-state index contributed by atoms with van der Waals surface area (Å²) in [6.07, 6.45) is 0. The summed E-state index contributed by atoms with van der Waals surface area (Å²) in [5.41, 5.74) is 0. The lowest BCUT2D eigenvalue weighted by molar-refractivity contribution is 0.387. The van der Waals surface area contributed by atoms with Crippen LogP contribution in [-0.2, 0) is 18.0 Å². The third-order valence-electron chi connectivity index (χ3n) is 0.809. The van der Waals surface area contributed by atoms with Crippen molar-refractivity contribution < 1.29 is 22.9 Å². The number of hydrogen-bond donors (Lipinski definition) is 1. The molecule has 0 fully saturated rings. The van der Waals surface area contributed by atoms with Crippen LogP contribution in [0.1, 0.15) is 0 Å². The summed E-state index contributed by atoms with van der Waals surface area (Å²) in [5, 5.41) is 0. The third kappa shape index (κ3) is 8.99. The van der Waals surface area contributed by atoms with Crippen LogP contribution in [0.3, 0.4) is 0 Å². The predicted molar refractivity (Wildman–Crippen MR) is 54.5 cm³/mol. The van der Waals surface area contributed by atoms with Gasteiger partial charge in [-0.1, -0.05) is 0 Å². The van der Waals surface area contributed by atoms with Gasteiger partial charge in [0.05, 0.1) is 7.14 Å². The van der Waals surface area contributed by atoms with Crippen LogP contribution in [-0.4, -0.2) is 38.4 Å². The first-order valence-corrected chi connectivity index (χ1v) is 10.0. The van der Waals surface area contributed by atoms with Gasteiger partial charge in [-0.2, -0.15) is 0 Å². The van der Waals surface area contributed by atoms with Gasteiger partial charge >= 0.3 is 7.60 Å². The van der Waals surface area contributed by atoms with Gasteiger partial charge in [0.2, 0.25) is 0 Å². The van der Waals surface area contributed by atoms with E-state index in [1.165, 1.54) is 13.3 Å². The van der Waals surface area contributed by atoms with E-state index >= 15 is 0 Å². The van der Waals surface area contributed by atoms with Gasteiger partial charge in [-0.15, -0.1) is 0 Å². The highest BCUT2D eigenvalue weighted by Crippen LogP contribution is 2.63. The highest BCUT2D eigenvalue weighted by Gasteiger charge is 2.27. The zero-order valence-electron chi connectivity index (χ0n) is 7.71. The summed E-state index contributed by atoms with van der Waals surface area (Å²) in [6.45, 7) is 3.71. The summed E-state index contributed by atoms with van der Waals surface area (Å²) in [7, 11) is -5.33. The van der Waals surface area contributed by atoms with Crippen molar-refractivity contribution in [1.29, 1.82) is 0 Å². The Morgan fingerprint density at radius 3 is 1.85 bits per heavy atom. The molecule has 9 heteroatoms. The second-order valence-corrected chi connectivity index (χ2v) is 11.4. The molecule has 0 aliphatic heterocycles. The average Bonchev–Trinajstić information content (AvgIpc) is 1.43. The molecule has 13 heavy (non-hydrogen) atoms. The van der Waals surface area contributed by atoms with E-state index in [-0.39, 0.29) is 0 Å². The Labute approximate surface area is 79.0 Å². The smallest absolute Gasteiger partial charge is 0.337 e. The Balaban J connectivity index is 4.54. The van der Waals surface area contributed by atoms with Crippen molar-refractivity contribution in [2.45, 2.75) is 0 Å². The van der Waals surface area contributed by atoms with E-state index in [4.69, 9.17) is 12.5 Å². The summed E-state index contributed by atoms with van der Waals surface area (Å²) in [6, 6.07) is 0. The minimum absolute atomic E-state index is 0.505. The molecule has 1 N–H and O–H groups in total. The highest BCUT2D eigenvalue weighted by molar-refractivity contribution is 7.88. The van der Waals surface area contributed by atoms with Crippen LogP contribution in [0, 0.1) is 0 Å². The lowest BCUT2D eigenvalue weighted by Crippen LogP contribution is -1.93. The lowest BCUT2D eigenvalue weighted by Gasteiger charge is -2.25. The largest absolute Gasteiger partial charge is 0.483 e. The van der Waals surface area contributed by atoms with Crippen molar-refractivity contribution in [1.82, 2.24) is 0 Å². The Hall–Kier alpha value is 0.675. The molecule has 0 saturated carbocycles. The first-order valence-electron chi connectivity index (χ1n) is 3.35. The van der Waals surface area contributed by atoms with Crippen LogP contribution in [0.4, 0.5) is 0 Å². The van der Waals surface area contributed by atoms with E-state index < -0.39 is 27.9 Å². The lowest BCUT2D eigenvalue weighted by atomic mass is 10.8. The molecule has 0 aromatic rings. The van der Waals surface area contributed by atoms with E-state index in [1.54, 1.807) is 0 Å². The maximum absolute atomic E-state index is 11.2. The fourth-order valence-corrected chi connectivity index (χ4v) is 6.85. The van der Waals surface area contributed by atoms with Crippen LogP contribution >= 0.6 is 22.0 Å². The molecule has 0 aliphatic carbocycles. The molecule has 0 amide bonds. The van der Waals surface area contributed by atoms with Gasteiger partial charge in [0, 0.05) is 0 Å². The Morgan fingerprint density at radius 1 is 1.23 bits per heavy atom. The summed E-state index contributed by atoms with van der Waals surface area (Å²) < 4.78 is 37.5. The molecule has 0 aliphatic rings. The second kappa shape index (κ2) is 4.04. The molecule has 0 rings (SSSR count). The van der Waals surface area contributed by atoms with Crippen molar-refractivity contribution in [3.63, 3.8) is 0 Å². The quantitative estimate of drug-likeness (QED) is 0.601. The molecule has 0 aromatic carbocycles. The summed E-state index contributed by atoms with van der Waals surface area (Å²) in [5.74, 6) is -0.505. The molecule has 0 saturated heterocycles. The van der Waals surface area contributed by atoms with Crippen molar-refractivity contribution in [3.8, 4) is 0 Å². The van der Waals surface area contributed by atoms with Crippen molar-refractivity contribution >= 4 is 29.6 Å². The van der Waals surface area contributed by atoms with Crippen LogP contribution < -0.4 is 0 Å². The SMILES string of the molecule is [B-]P(C)(=O)OP(=O)(O)CP(C)(C)=O. The zero-order chi connectivity index (χ0) is 10.9. The monoisotopic (exact) mass is 244 g/mol. The third-order valence-corrected chi connectivity index (χ3v) is 7.28. The van der Waals surface area contributed by atoms with Gasteiger partial charge in [0.1, 0.15) is 5.90 Å². The average molecular weight is 244 g/mol. The second-order valence-electron chi connectivity index (χ2n) is 3.34. The topological polar surface area (TPSA) is 80.7 Å². The predicted octanol–water partition coefficient (Wildman–Crippen LogP) is 1.76. The Morgan fingerprint density at radius 2 is 1.62 bits per heavy atom. The summed E-state index contributed by atoms with van der Waals surface area (Å²) >= 11 is 0. The van der Waals surface area contributed by atoms with Crippen molar-refractivity contribution in [2.24, 2.45) is 0 Å². The molecule has 5 nitrogen and oxygen atoms in total. The van der Waals surface area contributed by atoms with E-state index in [9.17, 15) is 13.7 Å². The molecule has 0 aromatic heterocycles.